The number of aromatic nitrogens is 2. The number of methoxy groups -OCH3 is 1. The van der Waals surface area contributed by atoms with E-state index in [1.165, 1.54) is 0 Å². The third kappa shape index (κ3) is 2.37. The predicted molar refractivity (Wildman–Crippen MR) is 68.8 cm³/mol. The van der Waals surface area contributed by atoms with Crippen molar-refractivity contribution in [2.45, 2.75) is 13.3 Å². The fraction of sp³-hybridized carbons (Fsp3) is 0.214. The standard InChI is InChI=1S/C14H14N2O2/c1-3-10-8-11(4-7-14(10)18-2)13-6-5-12(9-17)15-16-13/h4-9H,3H2,1-2H3. The van der Waals surface area contributed by atoms with E-state index in [1.54, 1.807) is 19.2 Å². The minimum atomic E-state index is 0.336. The van der Waals surface area contributed by atoms with Crippen molar-refractivity contribution in [2.75, 3.05) is 7.11 Å². The molecule has 0 aliphatic heterocycles. The highest BCUT2D eigenvalue weighted by molar-refractivity contribution is 5.72. The van der Waals surface area contributed by atoms with Gasteiger partial charge in [0.2, 0.25) is 0 Å². The van der Waals surface area contributed by atoms with Gasteiger partial charge in [-0.3, -0.25) is 4.79 Å². The Hall–Kier alpha value is -2.23. The number of rotatable bonds is 4. The highest BCUT2D eigenvalue weighted by Crippen LogP contribution is 2.25. The summed E-state index contributed by atoms with van der Waals surface area (Å²) in [4.78, 5) is 10.5. The first-order valence-corrected chi connectivity index (χ1v) is 5.74. The second-order valence-corrected chi connectivity index (χ2v) is 3.84. The Labute approximate surface area is 106 Å². The van der Waals surface area contributed by atoms with Crippen LogP contribution in [0.4, 0.5) is 0 Å². The summed E-state index contributed by atoms with van der Waals surface area (Å²) >= 11 is 0. The zero-order valence-electron chi connectivity index (χ0n) is 10.4. The first-order valence-electron chi connectivity index (χ1n) is 5.74. The normalized spacial score (nSPS) is 10.1. The topological polar surface area (TPSA) is 52.1 Å². The molecule has 2 rings (SSSR count). The largest absolute Gasteiger partial charge is 0.496 e. The van der Waals surface area contributed by atoms with E-state index in [2.05, 4.69) is 17.1 Å². The molecule has 0 saturated heterocycles. The molecule has 0 atom stereocenters. The second kappa shape index (κ2) is 5.40. The van der Waals surface area contributed by atoms with Crippen LogP contribution in [0, 0.1) is 0 Å². The fourth-order valence-corrected chi connectivity index (χ4v) is 1.77. The van der Waals surface area contributed by atoms with Gasteiger partial charge in [-0.05, 0) is 42.3 Å². The van der Waals surface area contributed by atoms with Crippen molar-refractivity contribution in [3.8, 4) is 17.0 Å². The van der Waals surface area contributed by atoms with Gasteiger partial charge in [-0.2, -0.15) is 0 Å². The van der Waals surface area contributed by atoms with Gasteiger partial charge in [0, 0.05) is 5.56 Å². The maximum Gasteiger partial charge on any atom is 0.170 e. The number of aryl methyl sites for hydroxylation is 1. The van der Waals surface area contributed by atoms with E-state index in [0.29, 0.717) is 12.0 Å². The van der Waals surface area contributed by atoms with Crippen molar-refractivity contribution in [1.82, 2.24) is 10.2 Å². The summed E-state index contributed by atoms with van der Waals surface area (Å²) in [6, 6.07) is 9.33. The number of hydrogen-bond donors (Lipinski definition) is 0. The molecule has 1 aromatic carbocycles. The molecule has 0 aliphatic carbocycles. The molecule has 0 aliphatic rings. The lowest BCUT2D eigenvalue weighted by Gasteiger charge is -2.08. The van der Waals surface area contributed by atoms with Crippen LogP contribution in [0.2, 0.25) is 0 Å². The van der Waals surface area contributed by atoms with E-state index >= 15 is 0 Å². The van der Waals surface area contributed by atoms with E-state index in [4.69, 9.17) is 4.74 Å². The zero-order valence-corrected chi connectivity index (χ0v) is 10.4. The first kappa shape index (κ1) is 12.2. The van der Waals surface area contributed by atoms with Crippen LogP contribution in [0.3, 0.4) is 0 Å². The molecule has 0 bridgehead atoms. The number of carbonyl (C=O) groups excluding carboxylic acids is 1. The molecule has 0 saturated carbocycles. The van der Waals surface area contributed by atoms with Crippen LogP contribution < -0.4 is 4.74 Å². The quantitative estimate of drug-likeness (QED) is 0.773. The summed E-state index contributed by atoms with van der Waals surface area (Å²) in [5.41, 5.74) is 3.18. The Morgan fingerprint density at radius 2 is 2.06 bits per heavy atom. The van der Waals surface area contributed by atoms with E-state index < -0.39 is 0 Å². The zero-order chi connectivity index (χ0) is 13.0. The summed E-state index contributed by atoms with van der Waals surface area (Å²) in [6.07, 6.45) is 1.57. The molecule has 1 aromatic heterocycles. The van der Waals surface area contributed by atoms with Crippen LogP contribution in [0.5, 0.6) is 5.75 Å². The van der Waals surface area contributed by atoms with Crippen molar-refractivity contribution in [2.24, 2.45) is 0 Å². The van der Waals surface area contributed by atoms with Crippen LogP contribution in [-0.2, 0) is 6.42 Å². The average Bonchev–Trinajstić information content (AvgIpc) is 2.46. The molecule has 0 fully saturated rings. The summed E-state index contributed by atoms with van der Waals surface area (Å²) in [5, 5.41) is 7.85. The van der Waals surface area contributed by atoms with Crippen molar-refractivity contribution in [3.63, 3.8) is 0 Å². The van der Waals surface area contributed by atoms with E-state index in [1.807, 2.05) is 18.2 Å². The predicted octanol–water partition coefficient (Wildman–Crippen LogP) is 2.53. The van der Waals surface area contributed by atoms with Crippen molar-refractivity contribution < 1.29 is 9.53 Å². The Morgan fingerprint density at radius 1 is 1.22 bits per heavy atom. The fourth-order valence-electron chi connectivity index (χ4n) is 1.77. The molecular weight excluding hydrogens is 228 g/mol. The molecule has 0 spiro atoms. The Balaban J connectivity index is 2.40. The van der Waals surface area contributed by atoms with Crippen LogP contribution in [0.25, 0.3) is 11.3 Å². The first-order chi connectivity index (χ1) is 8.78. The molecule has 0 radical (unpaired) electrons. The van der Waals surface area contributed by atoms with Gasteiger partial charge < -0.3 is 4.74 Å². The molecule has 2 aromatic rings. The molecule has 4 nitrogen and oxygen atoms in total. The number of aldehydes is 1. The van der Waals surface area contributed by atoms with Crippen LogP contribution in [0.15, 0.2) is 30.3 Å². The van der Waals surface area contributed by atoms with Crippen LogP contribution in [-0.4, -0.2) is 23.6 Å². The Kier molecular flexibility index (Phi) is 3.67. The molecule has 0 amide bonds. The van der Waals surface area contributed by atoms with E-state index in [0.717, 1.165) is 29.0 Å². The number of nitrogens with zero attached hydrogens (tertiary/aromatic N) is 2. The lowest BCUT2D eigenvalue weighted by molar-refractivity contribution is 0.111. The maximum atomic E-state index is 10.5. The SMILES string of the molecule is CCc1cc(-c2ccc(C=O)nn2)ccc1OC. The van der Waals surface area contributed by atoms with Gasteiger partial charge in [0.25, 0.3) is 0 Å². The number of hydrogen-bond acceptors (Lipinski definition) is 4. The van der Waals surface area contributed by atoms with Gasteiger partial charge in [-0.1, -0.05) is 6.92 Å². The lowest BCUT2D eigenvalue weighted by atomic mass is 10.0. The summed E-state index contributed by atoms with van der Waals surface area (Å²) in [5.74, 6) is 0.874. The van der Waals surface area contributed by atoms with Crippen LogP contribution >= 0.6 is 0 Å². The van der Waals surface area contributed by atoms with Crippen molar-refractivity contribution in [1.29, 1.82) is 0 Å². The van der Waals surface area contributed by atoms with Gasteiger partial charge in [0.05, 0.1) is 12.8 Å². The molecule has 1 heterocycles. The number of carbonyl (C=O) groups is 1. The highest BCUT2D eigenvalue weighted by atomic mass is 16.5. The molecule has 92 valence electrons. The summed E-state index contributed by atoms with van der Waals surface area (Å²) in [7, 11) is 1.66. The van der Waals surface area contributed by atoms with Crippen molar-refractivity contribution >= 4 is 6.29 Å². The highest BCUT2D eigenvalue weighted by Gasteiger charge is 2.06. The van der Waals surface area contributed by atoms with Gasteiger partial charge in [0.15, 0.2) is 6.29 Å². The third-order valence-electron chi connectivity index (χ3n) is 2.76. The molecule has 18 heavy (non-hydrogen) atoms. The third-order valence-corrected chi connectivity index (χ3v) is 2.76. The number of ether oxygens (including phenoxy) is 1. The summed E-state index contributed by atoms with van der Waals surface area (Å²) in [6.45, 7) is 2.07. The van der Waals surface area contributed by atoms with Gasteiger partial charge >= 0.3 is 0 Å². The minimum absolute atomic E-state index is 0.336. The molecule has 4 heteroatoms. The van der Waals surface area contributed by atoms with Crippen LogP contribution in [0.1, 0.15) is 23.0 Å². The monoisotopic (exact) mass is 242 g/mol. The Morgan fingerprint density at radius 3 is 2.61 bits per heavy atom. The minimum Gasteiger partial charge on any atom is -0.496 e. The molecule has 0 unspecified atom stereocenters. The second-order valence-electron chi connectivity index (χ2n) is 3.84. The molecule has 0 N–H and O–H groups in total. The van der Waals surface area contributed by atoms with Gasteiger partial charge in [-0.25, -0.2) is 0 Å². The maximum absolute atomic E-state index is 10.5. The molecular formula is C14H14N2O2. The smallest absolute Gasteiger partial charge is 0.170 e. The van der Waals surface area contributed by atoms with Gasteiger partial charge in [0.1, 0.15) is 11.4 Å². The van der Waals surface area contributed by atoms with E-state index in [9.17, 15) is 4.79 Å². The Bertz CT molecular complexity index is 550. The number of benzene rings is 1. The average molecular weight is 242 g/mol. The van der Waals surface area contributed by atoms with E-state index in [-0.39, 0.29) is 0 Å². The summed E-state index contributed by atoms with van der Waals surface area (Å²) < 4.78 is 5.28. The lowest BCUT2D eigenvalue weighted by Crippen LogP contribution is -1.95. The van der Waals surface area contributed by atoms with Gasteiger partial charge in [-0.15, -0.1) is 10.2 Å². The van der Waals surface area contributed by atoms with Crippen molar-refractivity contribution in [3.05, 3.63) is 41.6 Å².